The monoisotopic (exact) mass is 366 g/mol. The van der Waals surface area contributed by atoms with E-state index in [4.69, 9.17) is 18.6 Å². The highest BCUT2D eigenvalue weighted by Gasteiger charge is 2.20. The highest BCUT2D eigenvalue weighted by atomic mass is 16.5. The van der Waals surface area contributed by atoms with Crippen molar-refractivity contribution < 1.29 is 18.6 Å². The van der Waals surface area contributed by atoms with E-state index in [-0.39, 0.29) is 0 Å². The number of hydrogen-bond acceptors (Lipinski definition) is 7. The first kappa shape index (κ1) is 16.9. The van der Waals surface area contributed by atoms with Crippen molar-refractivity contribution in [2.75, 3.05) is 21.3 Å². The van der Waals surface area contributed by atoms with Gasteiger partial charge in [-0.15, -0.1) is 10.2 Å². The van der Waals surface area contributed by atoms with E-state index in [0.29, 0.717) is 40.4 Å². The van der Waals surface area contributed by atoms with Gasteiger partial charge in [0.15, 0.2) is 17.3 Å². The van der Waals surface area contributed by atoms with Crippen molar-refractivity contribution in [3.8, 4) is 40.1 Å². The van der Waals surface area contributed by atoms with Crippen molar-refractivity contribution in [3.63, 3.8) is 0 Å². The maximum absolute atomic E-state index is 5.75. The lowest BCUT2D eigenvalue weighted by Gasteiger charge is -2.13. The van der Waals surface area contributed by atoms with Gasteiger partial charge in [0.25, 0.3) is 0 Å². The molecule has 8 nitrogen and oxygen atoms in total. The fourth-order valence-electron chi connectivity index (χ4n) is 2.82. The third kappa shape index (κ3) is 2.84. The molecule has 0 N–H and O–H groups in total. The number of fused-ring (bicyclic) bond motifs is 1. The number of nitrogens with zero attached hydrogens (tertiary/aromatic N) is 4. The van der Waals surface area contributed by atoms with Crippen LogP contribution in [0, 0.1) is 6.92 Å². The number of ether oxygens (including phenoxy) is 3. The van der Waals surface area contributed by atoms with Gasteiger partial charge in [0.1, 0.15) is 0 Å². The van der Waals surface area contributed by atoms with Gasteiger partial charge in [0.05, 0.1) is 21.3 Å². The molecule has 0 amide bonds. The molecule has 0 bridgehead atoms. The average Bonchev–Trinajstić information content (AvgIpc) is 3.28. The summed E-state index contributed by atoms with van der Waals surface area (Å²) in [4.78, 5) is 0. The summed E-state index contributed by atoms with van der Waals surface area (Å²) in [7, 11) is 4.68. The molecule has 0 aliphatic rings. The van der Waals surface area contributed by atoms with Crippen LogP contribution in [0.1, 0.15) is 5.56 Å². The summed E-state index contributed by atoms with van der Waals surface area (Å²) in [6, 6.07) is 11.5. The van der Waals surface area contributed by atoms with Crippen molar-refractivity contribution in [1.82, 2.24) is 19.8 Å². The lowest BCUT2D eigenvalue weighted by Crippen LogP contribution is -1.97. The summed E-state index contributed by atoms with van der Waals surface area (Å²) >= 11 is 0. The van der Waals surface area contributed by atoms with Gasteiger partial charge < -0.3 is 18.6 Å². The molecule has 138 valence electrons. The van der Waals surface area contributed by atoms with Crippen LogP contribution in [0.15, 0.2) is 40.8 Å². The molecule has 27 heavy (non-hydrogen) atoms. The summed E-state index contributed by atoms with van der Waals surface area (Å²) in [6.07, 6.45) is 0. The van der Waals surface area contributed by atoms with Crippen LogP contribution in [0.4, 0.5) is 0 Å². The topological polar surface area (TPSA) is 83.9 Å². The van der Waals surface area contributed by atoms with E-state index in [1.54, 1.807) is 38.0 Å². The quantitative estimate of drug-likeness (QED) is 0.535. The number of methoxy groups -OCH3 is 3. The van der Waals surface area contributed by atoms with Crippen LogP contribution in [0.25, 0.3) is 28.7 Å². The fourth-order valence-corrected chi connectivity index (χ4v) is 2.82. The Morgan fingerprint density at radius 2 is 1.52 bits per heavy atom. The first-order valence-electron chi connectivity index (χ1n) is 8.24. The predicted octanol–water partition coefficient (Wildman–Crippen LogP) is 3.39. The standard InChI is InChI=1S/C19H18N4O4/c1-11-5-7-12(8-6-11)18-22-23-17(20-21-19(23)27-18)13-9-14(24-2)16(26-4)15(10-13)25-3/h5-10H,1-4H3. The minimum atomic E-state index is 0.300. The maximum atomic E-state index is 5.75. The average molecular weight is 366 g/mol. The Hall–Kier alpha value is -3.55. The van der Waals surface area contributed by atoms with Crippen molar-refractivity contribution in [1.29, 1.82) is 0 Å². The second-order valence-corrected chi connectivity index (χ2v) is 5.91. The summed E-state index contributed by atoms with van der Waals surface area (Å²) in [5.41, 5.74) is 2.73. The maximum Gasteiger partial charge on any atom is 0.346 e. The van der Waals surface area contributed by atoms with Crippen molar-refractivity contribution >= 4 is 5.84 Å². The number of benzene rings is 2. The molecule has 2 heterocycles. The van der Waals surface area contributed by atoms with E-state index < -0.39 is 0 Å². The molecule has 0 saturated heterocycles. The zero-order chi connectivity index (χ0) is 19.0. The molecule has 0 unspecified atom stereocenters. The molecular weight excluding hydrogens is 348 g/mol. The minimum absolute atomic E-state index is 0.300. The molecule has 0 aliphatic carbocycles. The molecule has 0 atom stereocenters. The Kier molecular flexibility index (Phi) is 4.15. The Labute approximate surface area is 155 Å². The zero-order valence-corrected chi connectivity index (χ0v) is 15.4. The molecule has 4 aromatic rings. The Morgan fingerprint density at radius 1 is 0.852 bits per heavy atom. The van der Waals surface area contributed by atoms with Gasteiger partial charge in [-0.25, -0.2) is 0 Å². The van der Waals surface area contributed by atoms with Crippen LogP contribution in [0.3, 0.4) is 0 Å². The highest BCUT2D eigenvalue weighted by Crippen LogP contribution is 2.40. The first-order valence-corrected chi connectivity index (χ1v) is 8.24. The van der Waals surface area contributed by atoms with Crippen LogP contribution < -0.4 is 14.2 Å². The van der Waals surface area contributed by atoms with E-state index >= 15 is 0 Å². The third-order valence-corrected chi connectivity index (χ3v) is 4.21. The van der Waals surface area contributed by atoms with Gasteiger partial charge in [-0.1, -0.05) is 22.8 Å². The number of aryl methyl sites for hydroxylation is 1. The van der Waals surface area contributed by atoms with Crippen molar-refractivity contribution in [2.45, 2.75) is 6.92 Å². The number of rotatable bonds is 5. The summed E-state index contributed by atoms with van der Waals surface area (Å²) in [5, 5.41) is 12.8. The van der Waals surface area contributed by atoms with Crippen LogP contribution in [0.5, 0.6) is 17.2 Å². The lowest BCUT2D eigenvalue weighted by atomic mass is 10.1. The number of hydrogen-bond donors (Lipinski definition) is 0. The SMILES string of the molecule is COc1cc(-c2nnc3oc(-c4ccc(C)cc4)nn23)cc(OC)c1OC. The number of aromatic nitrogens is 4. The summed E-state index contributed by atoms with van der Waals surface area (Å²) < 4.78 is 23.5. The predicted molar refractivity (Wildman–Crippen MR) is 98.3 cm³/mol. The van der Waals surface area contributed by atoms with E-state index in [9.17, 15) is 0 Å². The molecule has 0 fully saturated rings. The fraction of sp³-hybridized carbons (Fsp3) is 0.211. The first-order chi connectivity index (χ1) is 13.1. The van der Waals surface area contributed by atoms with E-state index in [2.05, 4.69) is 15.3 Å². The van der Waals surface area contributed by atoms with Gasteiger partial charge in [0, 0.05) is 11.1 Å². The molecule has 4 rings (SSSR count). The van der Waals surface area contributed by atoms with Crippen LogP contribution >= 0.6 is 0 Å². The van der Waals surface area contributed by atoms with Gasteiger partial charge in [-0.05, 0) is 31.2 Å². The second-order valence-electron chi connectivity index (χ2n) is 5.91. The second kappa shape index (κ2) is 6.64. The molecule has 2 aromatic carbocycles. The zero-order valence-electron chi connectivity index (χ0n) is 15.4. The van der Waals surface area contributed by atoms with Crippen molar-refractivity contribution in [2.24, 2.45) is 0 Å². The molecule has 0 radical (unpaired) electrons. The highest BCUT2D eigenvalue weighted by molar-refractivity contribution is 5.68. The van der Waals surface area contributed by atoms with Crippen molar-refractivity contribution in [3.05, 3.63) is 42.0 Å². The molecular formula is C19H18N4O4. The van der Waals surface area contributed by atoms with Gasteiger partial charge >= 0.3 is 5.84 Å². The van der Waals surface area contributed by atoms with E-state index in [0.717, 1.165) is 11.1 Å². The molecule has 0 aliphatic heterocycles. The summed E-state index contributed by atoms with van der Waals surface area (Å²) in [5.74, 6) is 2.82. The largest absolute Gasteiger partial charge is 0.493 e. The van der Waals surface area contributed by atoms with Gasteiger partial charge in [-0.2, -0.15) is 4.52 Å². The lowest BCUT2D eigenvalue weighted by molar-refractivity contribution is 0.324. The van der Waals surface area contributed by atoms with E-state index in [1.807, 2.05) is 31.2 Å². The molecule has 0 saturated carbocycles. The Balaban J connectivity index is 1.84. The van der Waals surface area contributed by atoms with Crippen LogP contribution in [-0.4, -0.2) is 41.1 Å². The van der Waals surface area contributed by atoms with Crippen LogP contribution in [0.2, 0.25) is 0 Å². The summed E-state index contributed by atoms with van der Waals surface area (Å²) in [6.45, 7) is 2.03. The Morgan fingerprint density at radius 3 is 2.11 bits per heavy atom. The van der Waals surface area contributed by atoms with Gasteiger partial charge in [-0.3, -0.25) is 0 Å². The Bertz CT molecular complexity index is 1070. The molecule has 8 heteroatoms. The third-order valence-electron chi connectivity index (χ3n) is 4.21. The minimum Gasteiger partial charge on any atom is -0.493 e. The van der Waals surface area contributed by atoms with Gasteiger partial charge in [0.2, 0.25) is 11.6 Å². The van der Waals surface area contributed by atoms with E-state index in [1.165, 1.54) is 0 Å². The molecule has 0 spiro atoms. The normalized spacial score (nSPS) is 11.0. The smallest absolute Gasteiger partial charge is 0.346 e. The van der Waals surface area contributed by atoms with Crippen LogP contribution in [-0.2, 0) is 0 Å². The molecule has 2 aromatic heterocycles.